The monoisotopic (exact) mass is 262 g/mol. The van der Waals surface area contributed by atoms with Crippen LogP contribution in [0.2, 0.25) is 0 Å². The van der Waals surface area contributed by atoms with E-state index in [1.165, 1.54) is 12.0 Å². The molecule has 0 spiro atoms. The van der Waals surface area contributed by atoms with Crippen molar-refractivity contribution in [2.24, 2.45) is 11.8 Å². The van der Waals surface area contributed by atoms with E-state index in [0.29, 0.717) is 17.9 Å². The van der Waals surface area contributed by atoms with Crippen molar-refractivity contribution in [3.05, 3.63) is 30.1 Å². The first-order chi connectivity index (χ1) is 9.08. The van der Waals surface area contributed by atoms with E-state index in [2.05, 4.69) is 42.9 Å². The molecular weight excluding hydrogens is 236 g/mol. The van der Waals surface area contributed by atoms with Gasteiger partial charge < -0.3 is 10.0 Å². The third-order valence-corrected chi connectivity index (χ3v) is 4.41. The van der Waals surface area contributed by atoms with Gasteiger partial charge in [-0.2, -0.15) is 0 Å². The Balaban J connectivity index is 1.90. The first-order valence-corrected chi connectivity index (χ1v) is 7.35. The van der Waals surface area contributed by atoms with E-state index in [1.54, 1.807) is 0 Å². The second-order valence-electron chi connectivity index (χ2n) is 6.20. The van der Waals surface area contributed by atoms with Gasteiger partial charge in [0, 0.05) is 25.0 Å². The molecule has 0 saturated heterocycles. The smallest absolute Gasteiger partial charge is 0.0700 e. The minimum atomic E-state index is -0.179. The molecule has 0 aliphatic heterocycles. The quantitative estimate of drug-likeness (QED) is 0.905. The molecule has 0 bridgehead atoms. The average molecular weight is 262 g/mol. The van der Waals surface area contributed by atoms with Gasteiger partial charge in [0.05, 0.1) is 6.10 Å². The highest BCUT2D eigenvalue weighted by Gasteiger charge is 2.34. The molecule has 1 aliphatic carbocycles. The first kappa shape index (κ1) is 14.5. The van der Waals surface area contributed by atoms with Crippen molar-refractivity contribution in [3.8, 4) is 0 Å². The zero-order valence-electron chi connectivity index (χ0n) is 12.3. The van der Waals surface area contributed by atoms with E-state index in [1.807, 2.05) is 12.4 Å². The topological polar surface area (TPSA) is 36.4 Å². The van der Waals surface area contributed by atoms with Gasteiger partial charge in [0.1, 0.15) is 0 Å². The third kappa shape index (κ3) is 3.77. The maximum Gasteiger partial charge on any atom is 0.0700 e. The van der Waals surface area contributed by atoms with Crippen molar-refractivity contribution >= 4 is 0 Å². The van der Waals surface area contributed by atoms with Gasteiger partial charge in [0.15, 0.2) is 0 Å². The molecule has 1 fully saturated rings. The van der Waals surface area contributed by atoms with Crippen LogP contribution >= 0.6 is 0 Å². The van der Waals surface area contributed by atoms with Crippen LogP contribution in [0.1, 0.15) is 32.3 Å². The Bertz CT molecular complexity index is 370. The van der Waals surface area contributed by atoms with Crippen molar-refractivity contribution < 1.29 is 5.11 Å². The first-order valence-electron chi connectivity index (χ1n) is 7.35. The number of aliphatic hydroxyl groups is 1. The van der Waals surface area contributed by atoms with Crippen LogP contribution in [-0.2, 0) is 6.42 Å². The minimum absolute atomic E-state index is 0.179. The summed E-state index contributed by atoms with van der Waals surface area (Å²) in [5.41, 5.74) is 1.31. The highest BCUT2D eigenvalue weighted by Crippen LogP contribution is 2.31. The van der Waals surface area contributed by atoms with E-state index in [9.17, 15) is 5.11 Å². The maximum atomic E-state index is 10.3. The molecule has 0 radical (unpaired) electrons. The largest absolute Gasteiger partial charge is 0.391 e. The zero-order chi connectivity index (χ0) is 13.8. The average Bonchev–Trinajstić information content (AvgIpc) is 2.36. The van der Waals surface area contributed by atoms with Crippen LogP contribution in [0.5, 0.6) is 0 Å². The Hall–Kier alpha value is -0.930. The van der Waals surface area contributed by atoms with Gasteiger partial charge in [-0.25, -0.2) is 0 Å². The molecule has 0 amide bonds. The second-order valence-corrected chi connectivity index (χ2v) is 6.20. The number of pyridine rings is 1. The van der Waals surface area contributed by atoms with Gasteiger partial charge in [0.2, 0.25) is 0 Å². The summed E-state index contributed by atoms with van der Waals surface area (Å²) in [6.45, 7) is 5.50. The minimum Gasteiger partial charge on any atom is -0.391 e. The fraction of sp³-hybridized carbons (Fsp3) is 0.688. The molecule has 4 unspecified atom stereocenters. The molecule has 0 aromatic carbocycles. The predicted molar refractivity (Wildman–Crippen MR) is 77.9 cm³/mol. The number of nitrogens with zero attached hydrogens (tertiary/aromatic N) is 2. The van der Waals surface area contributed by atoms with Crippen LogP contribution in [0.25, 0.3) is 0 Å². The summed E-state index contributed by atoms with van der Waals surface area (Å²) in [6.07, 6.45) is 6.69. The molecule has 1 heterocycles. The van der Waals surface area contributed by atoms with Crippen LogP contribution < -0.4 is 0 Å². The van der Waals surface area contributed by atoms with Crippen molar-refractivity contribution in [2.75, 3.05) is 13.6 Å². The van der Waals surface area contributed by atoms with Crippen LogP contribution in [0.15, 0.2) is 24.5 Å². The van der Waals surface area contributed by atoms with E-state index in [-0.39, 0.29) is 6.10 Å². The number of hydrogen-bond donors (Lipinski definition) is 1. The number of likely N-dealkylation sites (N-methyl/N-ethyl adjacent to an activating group) is 1. The number of rotatable bonds is 4. The molecule has 106 valence electrons. The fourth-order valence-electron chi connectivity index (χ4n) is 3.53. The van der Waals surface area contributed by atoms with Crippen molar-refractivity contribution in [1.82, 2.24) is 9.88 Å². The number of aromatic nitrogens is 1. The summed E-state index contributed by atoms with van der Waals surface area (Å²) in [4.78, 5) is 6.38. The van der Waals surface area contributed by atoms with Gasteiger partial charge in [-0.15, -0.1) is 0 Å². The van der Waals surface area contributed by atoms with Crippen LogP contribution in [0, 0.1) is 11.8 Å². The van der Waals surface area contributed by atoms with Gasteiger partial charge in [-0.1, -0.05) is 13.8 Å². The second kappa shape index (κ2) is 6.49. The van der Waals surface area contributed by atoms with Crippen molar-refractivity contribution in [2.45, 2.75) is 45.3 Å². The number of hydrogen-bond acceptors (Lipinski definition) is 3. The molecular formula is C16H26N2O. The lowest BCUT2D eigenvalue weighted by Gasteiger charge is -2.42. The summed E-state index contributed by atoms with van der Waals surface area (Å²) in [5, 5.41) is 10.3. The predicted octanol–water partition coefficient (Wildman–Crippen LogP) is 2.35. The number of aliphatic hydroxyl groups excluding tert-OH is 1. The van der Waals surface area contributed by atoms with E-state index in [4.69, 9.17) is 0 Å². The highest BCUT2D eigenvalue weighted by atomic mass is 16.3. The van der Waals surface area contributed by atoms with Crippen molar-refractivity contribution in [3.63, 3.8) is 0 Å². The van der Waals surface area contributed by atoms with Gasteiger partial charge in [0.25, 0.3) is 0 Å². The van der Waals surface area contributed by atoms with E-state index in [0.717, 1.165) is 19.4 Å². The Kier molecular flexibility index (Phi) is 4.94. The van der Waals surface area contributed by atoms with Crippen LogP contribution in [0.3, 0.4) is 0 Å². The highest BCUT2D eigenvalue weighted by molar-refractivity contribution is 5.10. The van der Waals surface area contributed by atoms with Gasteiger partial charge in [-0.05, 0) is 55.8 Å². The normalized spacial score (nSPS) is 31.6. The maximum absolute atomic E-state index is 10.3. The lowest BCUT2D eigenvalue weighted by molar-refractivity contribution is -0.0135. The van der Waals surface area contributed by atoms with Gasteiger partial charge in [-0.3, -0.25) is 4.98 Å². The standard InChI is InChI=1S/C16H26N2O/c1-12-10-13(2)16(15(19)11-12)18(3)9-6-14-4-7-17-8-5-14/h4-5,7-8,12-13,15-16,19H,6,9-11H2,1-3H3. The molecule has 1 saturated carbocycles. The molecule has 1 aromatic heterocycles. The lowest BCUT2D eigenvalue weighted by Crippen LogP contribution is -2.50. The summed E-state index contributed by atoms with van der Waals surface area (Å²) >= 11 is 0. The molecule has 4 atom stereocenters. The Morgan fingerprint density at radius 2 is 1.95 bits per heavy atom. The lowest BCUT2D eigenvalue weighted by atomic mass is 9.77. The van der Waals surface area contributed by atoms with Crippen LogP contribution in [-0.4, -0.2) is 40.7 Å². The molecule has 1 aromatic rings. The Morgan fingerprint density at radius 1 is 1.26 bits per heavy atom. The zero-order valence-corrected chi connectivity index (χ0v) is 12.3. The summed E-state index contributed by atoms with van der Waals surface area (Å²) in [7, 11) is 2.14. The third-order valence-electron chi connectivity index (χ3n) is 4.41. The molecule has 2 rings (SSSR count). The van der Waals surface area contributed by atoms with E-state index < -0.39 is 0 Å². The Labute approximate surface area is 116 Å². The SMILES string of the molecule is CC1CC(C)C(N(C)CCc2ccncc2)C(O)C1. The molecule has 19 heavy (non-hydrogen) atoms. The molecule has 3 heteroatoms. The van der Waals surface area contributed by atoms with Gasteiger partial charge >= 0.3 is 0 Å². The van der Waals surface area contributed by atoms with E-state index >= 15 is 0 Å². The summed E-state index contributed by atoms with van der Waals surface area (Å²) < 4.78 is 0. The molecule has 3 nitrogen and oxygen atoms in total. The summed E-state index contributed by atoms with van der Waals surface area (Å²) in [6, 6.07) is 4.44. The Morgan fingerprint density at radius 3 is 2.58 bits per heavy atom. The molecule has 1 aliphatic rings. The summed E-state index contributed by atoms with van der Waals surface area (Å²) in [5.74, 6) is 1.22. The molecule has 1 N–H and O–H groups in total. The fourth-order valence-corrected chi connectivity index (χ4v) is 3.53. The van der Waals surface area contributed by atoms with Crippen molar-refractivity contribution in [1.29, 1.82) is 0 Å². The van der Waals surface area contributed by atoms with Crippen LogP contribution in [0.4, 0.5) is 0 Å².